The highest BCUT2D eigenvalue weighted by Crippen LogP contribution is 2.12. The van der Waals surface area contributed by atoms with Crippen molar-refractivity contribution in [3.05, 3.63) is 35.4 Å². The van der Waals surface area contributed by atoms with Crippen LogP contribution in [0.4, 0.5) is 8.78 Å². The van der Waals surface area contributed by atoms with E-state index in [9.17, 15) is 13.6 Å². The minimum Gasteiger partial charge on any atom is -0.352 e. The number of hydrogen-bond acceptors (Lipinski definition) is 1. The Kier molecular flexibility index (Phi) is 5.31. The molecule has 0 fully saturated rings. The van der Waals surface area contributed by atoms with Crippen molar-refractivity contribution >= 4 is 5.91 Å². The van der Waals surface area contributed by atoms with Crippen LogP contribution in [-0.4, -0.2) is 11.9 Å². The maximum absolute atomic E-state index is 13.3. The van der Waals surface area contributed by atoms with Crippen molar-refractivity contribution in [1.29, 1.82) is 0 Å². The van der Waals surface area contributed by atoms with Crippen LogP contribution in [0.2, 0.25) is 0 Å². The first-order valence-corrected chi connectivity index (χ1v) is 5.74. The molecule has 0 aliphatic carbocycles. The molecule has 0 bridgehead atoms. The number of halogens is 2. The average Bonchev–Trinajstić information content (AvgIpc) is 2.33. The summed E-state index contributed by atoms with van der Waals surface area (Å²) in [4.78, 5) is 11.6. The minimum atomic E-state index is -0.713. The Morgan fingerprint density at radius 1 is 1.44 bits per heavy atom. The van der Waals surface area contributed by atoms with E-state index < -0.39 is 17.5 Å². The van der Waals surface area contributed by atoms with E-state index >= 15 is 0 Å². The average molecular weight is 251 g/mol. The molecule has 1 amide bonds. The molecule has 0 saturated heterocycles. The van der Waals surface area contributed by atoms with Gasteiger partial charge in [0.1, 0.15) is 11.6 Å². The summed E-state index contributed by atoms with van der Waals surface area (Å²) in [6.07, 6.45) is 5.92. The molecule has 0 heterocycles. The van der Waals surface area contributed by atoms with E-state index in [4.69, 9.17) is 6.42 Å². The van der Waals surface area contributed by atoms with Gasteiger partial charge in [0.2, 0.25) is 5.91 Å². The maximum atomic E-state index is 13.3. The lowest BCUT2D eigenvalue weighted by Crippen LogP contribution is -2.35. The second-order valence-electron chi connectivity index (χ2n) is 3.96. The van der Waals surface area contributed by atoms with Gasteiger partial charge >= 0.3 is 0 Å². The standard InChI is InChI=1S/C14H15F2NO/c1-3-6-10(4-2)17-14(18)9-11-12(15)7-5-8-13(11)16/h1,5,7-8,10H,4,6,9H2,2H3,(H,17,18). The monoisotopic (exact) mass is 251 g/mol. The molecule has 18 heavy (non-hydrogen) atoms. The molecule has 0 saturated carbocycles. The number of hydrogen-bond donors (Lipinski definition) is 1. The van der Waals surface area contributed by atoms with Gasteiger partial charge in [0.05, 0.1) is 6.42 Å². The van der Waals surface area contributed by atoms with Gasteiger partial charge in [-0.2, -0.15) is 0 Å². The van der Waals surface area contributed by atoms with Crippen molar-refractivity contribution in [2.45, 2.75) is 32.2 Å². The summed E-state index contributed by atoms with van der Waals surface area (Å²) in [6.45, 7) is 1.88. The second-order valence-corrected chi connectivity index (χ2v) is 3.96. The third kappa shape index (κ3) is 3.85. The fraction of sp³-hybridized carbons (Fsp3) is 0.357. The zero-order chi connectivity index (χ0) is 13.5. The molecule has 0 aliphatic rings. The van der Waals surface area contributed by atoms with Crippen molar-refractivity contribution in [3.8, 4) is 12.3 Å². The normalized spacial score (nSPS) is 11.7. The van der Waals surface area contributed by atoms with Crippen molar-refractivity contribution in [3.63, 3.8) is 0 Å². The SMILES string of the molecule is C#CCC(CC)NC(=O)Cc1c(F)cccc1F. The van der Waals surface area contributed by atoms with Crippen molar-refractivity contribution in [1.82, 2.24) is 5.32 Å². The molecule has 1 aromatic rings. The number of carbonyl (C=O) groups excluding carboxylic acids is 1. The van der Waals surface area contributed by atoms with Crippen LogP contribution in [0.1, 0.15) is 25.3 Å². The fourth-order valence-corrected chi connectivity index (χ4v) is 1.58. The van der Waals surface area contributed by atoms with Gasteiger partial charge < -0.3 is 5.32 Å². The van der Waals surface area contributed by atoms with E-state index in [2.05, 4.69) is 11.2 Å². The van der Waals surface area contributed by atoms with Crippen molar-refractivity contribution in [2.24, 2.45) is 0 Å². The molecule has 0 aromatic heterocycles. The van der Waals surface area contributed by atoms with Gasteiger partial charge in [0.25, 0.3) is 0 Å². The van der Waals surface area contributed by atoms with Gasteiger partial charge in [-0.1, -0.05) is 13.0 Å². The Bertz CT molecular complexity index is 445. The maximum Gasteiger partial charge on any atom is 0.224 e. The van der Waals surface area contributed by atoms with Gasteiger partial charge in [-0.05, 0) is 18.6 Å². The van der Waals surface area contributed by atoms with Gasteiger partial charge in [0, 0.05) is 18.0 Å². The predicted molar refractivity (Wildman–Crippen MR) is 65.7 cm³/mol. The van der Waals surface area contributed by atoms with E-state index in [1.54, 1.807) is 0 Å². The zero-order valence-electron chi connectivity index (χ0n) is 10.2. The van der Waals surface area contributed by atoms with E-state index in [1.165, 1.54) is 6.07 Å². The molecule has 1 unspecified atom stereocenters. The smallest absolute Gasteiger partial charge is 0.224 e. The third-order valence-electron chi connectivity index (χ3n) is 2.62. The molecule has 1 atom stereocenters. The highest BCUT2D eigenvalue weighted by atomic mass is 19.1. The highest BCUT2D eigenvalue weighted by molar-refractivity contribution is 5.79. The lowest BCUT2D eigenvalue weighted by atomic mass is 10.1. The van der Waals surface area contributed by atoms with E-state index in [1.807, 2.05) is 6.92 Å². The molecule has 1 rings (SSSR count). The molecule has 4 heteroatoms. The van der Waals surface area contributed by atoms with Crippen LogP contribution in [0.3, 0.4) is 0 Å². The number of terminal acetylenes is 1. The first kappa shape index (κ1) is 14.2. The summed E-state index contributed by atoms with van der Waals surface area (Å²) in [6, 6.07) is 3.37. The molecule has 0 spiro atoms. The zero-order valence-corrected chi connectivity index (χ0v) is 10.2. The van der Waals surface area contributed by atoms with Crippen LogP contribution < -0.4 is 5.32 Å². The van der Waals surface area contributed by atoms with Gasteiger partial charge in [-0.15, -0.1) is 12.3 Å². The Morgan fingerprint density at radius 3 is 2.56 bits per heavy atom. The molecule has 96 valence electrons. The summed E-state index contributed by atoms with van der Waals surface area (Å²) >= 11 is 0. The van der Waals surface area contributed by atoms with Gasteiger partial charge in [0.15, 0.2) is 0 Å². The van der Waals surface area contributed by atoms with Gasteiger partial charge in [-0.25, -0.2) is 8.78 Å². The van der Waals surface area contributed by atoms with Crippen LogP contribution in [-0.2, 0) is 11.2 Å². The van der Waals surface area contributed by atoms with E-state index in [-0.39, 0.29) is 18.0 Å². The van der Waals surface area contributed by atoms with Crippen molar-refractivity contribution < 1.29 is 13.6 Å². The summed E-state index contributed by atoms with van der Waals surface area (Å²) in [5.74, 6) is 0.593. The number of benzene rings is 1. The first-order chi connectivity index (χ1) is 8.58. The molecular formula is C14H15F2NO. The molecular weight excluding hydrogens is 236 g/mol. The first-order valence-electron chi connectivity index (χ1n) is 5.74. The minimum absolute atomic E-state index is 0.155. The molecule has 0 aliphatic heterocycles. The van der Waals surface area contributed by atoms with Crippen LogP contribution in [0.5, 0.6) is 0 Å². The second kappa shape index (κ2) is 6.75. The summed E-state index contributed by atoms with van der Waals surface area (Å²) in [5, 5.41) is 2.66. The van der Waals surface area contributed by atoms with Crippen molar-refractivity contribution in [2.75, 3.05) is 0 Å². The topological polar surface area (TPSA) is 29.1 Å². The van der Waals surface area contributed by atoms with Crippen LogP contribution in [0.15, 0.2) is 18.2 Å². The molecule has 0 radical (unpaired) electrons. The van der Waals surface area contributed by atoms with Crippen LogP contribution >= 0.6 is 0 Å². The predicted octanol–water partition coefficient (Wildman–Crippen LogP) is 2.43. The largest absolute Gasteiger partial charge is 0.352 e. The van der Waals surface area contributed by atoms with Crippen LogP contribution in [0.25, 0.3) is 0 Å². The molecule has 1 aromatic carbocycles. The lowest BCUT2D eigenvalue weighted by molar-refractivity contribution is -0.121. The summed E-state index contributed by atoms with van der Waals surface area (Å²) in [7, 11) is 0. The molecule has 2 nitrogen and oxygen atoms in total. The number of nitrogens with one attached hydrogen (secondary N) is 1. The van der Waals surface area contributed by atoms with Gasteiger partial charge in [-0.3, -0.25) is 4.79 Å². The van der Waals surface area contributed by atoms with E-state index in [0.717, 1.165) is 12.1 Å². The number of carbonyl (C=O) groups is 1. The van der Waals surface area contributed by atoms with E-state index in [0.29, 0.717) is 12.8 Å². The fourth-order valence-electron chi connectivity index (χ4n) is 1.58. The Hall–Kier alpha value is -1.89. The summed E-state index contributed by atoms with van der Waals surface area (Å²) < 4.78 is 26.7. The highest BCUT2D eigenvalue weighted by Gasteiger charge is 2.15. The quantitative estimate of drug-likeness (QED) is 0.800. The molecule has 1 N–H and O–H groups in total. The number of amides is 1. The Balaban J connectivity index is 2.68. The lowest BCUT2D eigenvalue weighted by Gasteiger charge is -2.14. The van der Waals surface area contributed by atoms with Crippen LogP contribution in [0, 0.1) is 24.0 Å². The Morgan fingerprint density at radius 2 is 2.06 bits per heavy atom. The summed E-state index contributed by atoms with van der Waals surface area (Å²) in [5.41, 5.74) is -0.217. The third-order valence-corrected chi connectivity index (χ3v) is 2.62. The Labute approximate surface area is 105 Å². The number of rotatable bonds is 5.